The summed E-state index contributed by atoms with van der Waals surface area (Å²) in [5.41, 5.74) is 5.35. The second kappa shape index (κ2) is 15.3. The minimum atomic E-state index is -3.83. The average molecular weight is 730 g/mol. The van der Waals surface area contributed by atoms with Gasteiger partial charge in [0.05, 0.1) is 6.61 Å². The van der Waals surface area contributed by atoms with Crippen LogP contribution in [0.5, 0.6) is 28.7 Å². The summed E-state index contributed by atoms with van der Waals surface area (Å²) in [5.74, 6) is 2.51. The molecule has 1 unspecified atom stereocenters. The summed E-state index contributed by atoms with van der Waals surface area (Å²) in [7, 11) is -11.4. The van der Waals surface area contributed by atoms with Crippen LogP contribution < -0.4 is 22.6 Å². The van der Waals surface area contributed by atoms with Crippen molar-refractivity contribution < 1.29 is 27.1 Å². The van der Waals surface area contributed by atoms with Crippen LogP contribution in [0.3, 0.4) is 0 Å². The zero-order chi connectivity index (χ0) is 35.2. The highest BCUT2D eigenvalue weighted by atomic mass is 31.3. The molecule has 5 aromatic rings. The van der Waals surface area contributed by atoms with Gasteiger partial charge in [-0.3, -0.25) is 4.52 Å². The van der Waals surface area contributed by atoms with Crippen LogP contribution in [-0.2, 0) is 4.52 Å². The summed E-state index contributed by atoms with van der Waals surface area (Å²) in [6.45, 7) is 12.4. The van der Waals surface area contributed by atoms with Gasteiger partial charge in [-0.2, -0.15) is 0 Å². The molecule has 0 aromatic heterocycles. The molecular formula is C38H42N3O6P3. The van der Waals surface area contributed by atoms with E-state index in [0.717, 1.165) is 27.8 Å². The maximum absolute atomic E-state index is 6.82. The van der Waals surface area contributed by atoms with E-state index < -0.39 is 23.0 Å². The van der Waals surface area contributed by atoms with Gasteiger partial charge in [-0.15, -0.1) is 9.03 Å². The van der Waals surface area contributed by atoms with Crippen molar-refractivity contribution >= 4 is 23.0 Å². The Morgan fingerprint density at radius 1 is 0.360 bits per heavy atom. The molecule has 0 radical (unpaired) electrons. The van der Waals surface area contributed by atoms with E-state index in [4.69, 9.17) is 40.7 Å². The third-order valence-corrected chi connectivity index (χ3v) is 15.6. The Labute approximate surface area is 295 Å². The number of hydrogen-bond donors (Lipinski definition) is 0. The minimum absolute atomic E-state index is 0.288. The Morgan fingerprint density at radius 3 is 0.840 bits per heavy atom. The van der Waals surface area contributed by atoms with Gasteiger partial charge in [-0.25, -0.2) is 0 Å². The molecule has 6 rings (SSSR count). The summed E-state index contributed by atoms with van der Waals surface area (Å²) >= 11 is 0. The first-order valence-electron chi connectivity index (χ1n) is 16.4. The molecule has 260 valence electrons. The Bertz CT molecular complexity index is 1880. The molecule has 0 aliphatic carbocycles. The monoisotopic (exact) mass is 729 g/mol. The smallest absolute Gasteiger partial charge is 0.422 e. The van der Waals surface area contributed by atoms with E-state index in [1.165, 1.54) is 0 Å². The van der Waals surface area contributed by atoms with Crippen LogP contribution in [0.4, 0.5) is 0 Å². The number of rotatable bonds is 13. The van der Waals surface area contributed by atoms with Crippen LogP contribution in [-0.4, -0.2) is 6.61 Å². The van der Waals surface area contributed by atoms with Gasteiger partial charge in [0, 0.05) is 0 Å². The molecule has 1 aliphatic rings. The maximum atomic E-state index is 6.82. The second-order valence-electron chi connectivity index (χ2n) is 12.1. The third-order valence-electron chi connectivity index (χ3n) is 7.37. The van der Waals surface area contributed by atoms with Gasteiger partial charge in [0.2, 0.25) is 0 Å². The molecule has 50 heavy (non-hydrogen) atoms. The predicted molar refractivity (Wildman–Crippen MR) is 203 cm³/mol. The highest BCUT2D eigenvalue weighted by Gasteiger charge is 2.48. The summed E-state index contributed by atoms with van der Waals surface area (Å²) < 4.78 is 56.4. The van der Waals surface area contributed by atoms with Gasteiger partial charge < -0.3 is 22.6 Å². The molecule has 0 amide bonds. The van der Waals surface area contributed by atoms with Crippen LogP contribution in [0.15, 0.2) is 135 Å². The van der Waals surface area contributed by atoms with Crippen LogP contribution >= 0.6 is 23.0 Å². The fraction of sp³-hybridized carbons (Fsp3) is 0.211. The first kappa shape index (κ1) is 35.6. The lowest BCUT2D eigenvalue weighted by molar-refractivity contribution is 0.304. The molecule has 0 saturated heterocycles. The summed E-state index contributed by atoms with van der Waals surface area (Å²) in [6, 6.07) is 38.2. The number of aryl methyl sites for hydroxylation is 5. The van der Waals surface area contributed by atoms with Crippen molar-refractivity contribution in [3.63, 3.8) is 0 Å². The van der Waals surface area contributed by atoms with Gasteiger partial charge in [0.25, 0.3) is 0 Å². The van der Waals surface area contributed by atoms with Gasteiger partial charge in [0.15, 0.2) is 0 Å². The fourth-order valence-electron chi connectivity index (χ4n) is 4.67. The van der Waals surface area contributed by atoms with E-state index in [0.29, 0.717) is 35.2 Å². The molecule has 1 aliphatic heterocycles. The molecular weight excluding hydrogens is 687 g/mol. The van der Waals surface area contributed by atoms with Crippen LogP contribution in [0.1, 0.15) is 41.2 Å². The van der Waals surface area contributed by atoms with Gasteiger partial charge >= 0.3 is 23.0 Å². The number of hydrogen-bond acceptors (Lipinski definition) is 9. The lowest BCUT2D eigenvalue weighted by Crippen LogP contribution is -2.10. The van der Waals surface area contributed by atoms with E-state index in [-0.39, 0.29) is 6.61 Å². The Balaban J connectivity index is 1.67. The van der Waals surface area contributed by atoms with Crippen molar-refractivity contribution in [1.82, 2.24) is 0 Å². The van der Waals surface area contributed by atoms with Gasteiger partial charge in [-0.1, -0.05) is 99.9 Å². The first-order valence-corrected chi connectivity index (χ1v) is 21.0. The lowest BCUT2D eigenvalue weighted by atomic mass is 10.2. The molecule has 0 fully saturated rings. The minimum Gasteiger partial charge on any atom is -0.422 e. The van der Waals surface area contributed by atoms with Gasteiger partial charge in [-0.05, 0) is 102 Å². The van der Waals surface area contributed by atoms with Crippen molar-refractivity contribution in [2.75, 3.05) is 6.61 Å². The molecule has 12 heteroatoms. The molecule has 0 spiro atoms. The highest BCUT2D eigenvalue weighted by Crippen LogP contribution is 2.79. The van der Waals surface area contributed by atoms with E-state index in [9.17, 15) is 0 Å². The number of benzene rings is 5. The van der Waals surface area contributed by atoms with Crippen LogP contribution in [0, 0.1) is 34.6 Å². The van der Waals surface area contributed by atoms with Crippen molar-refractivity contribution in [3.8, 4) is 28.7 Å². The van der Waals surface area contributed by atoms with E-state index in [2.05, 4.69) is 0 Å². The maximum Gasteiger partial charge on any atom is 0.460 e. The Hall–Kier alpha value is -4.25. The molecule has 0 bridgehead atoms. The summed E-state index contributed by atoms with van der Waals surface area (Å²) in [6.07, 6.45) is 0.674. The van der Waals surface area contributed by atoms with Gasteiger partial charge in [0.1, 0.15) is 28.7 Å². The van der Waals surface area contributed by atoms with E-state index >= 15 is 0 Å². The van der Waals surface area contributed by atoms with Crippen molar-refractivity contribution in [3.05, 3.63) is 149 Å². The zero-order valence-electron chi connectivity index (χ0n) is 29.1. The quantitative estimate of drug-likeness (QED) is 0.112. The van der Waals surface area contributed by atoms with E-state index in [1.807, 2.05) is 163 Å². The third kappa shape index (κ3) is 9.10. The van der Waals surface area contributed by atoms with E-state index in [1.54, 1.807) is 0 Å². The zero-order valence-corrected chi connectivity index (χ0v) is 31.8. The van der Waals surface area contributed by atoms with Crippen molar-refractivity contribution in [2.45, 2.75) is 48.0 Å². The van der Waals surface area contributed by atoms with Crippen LogP contribution in [0.2, 0.25) is 0 Å². The molecule has 1 atom stereocenters. The number of nitrogens with zero attached hydrogens (tertiary/aromatic N) is 3. The molecule has 0 saturated carbocycles. The second-order valence-corrected chi connectivity index (χ2v) is 18.4. The topological polar surface area (TPSA) is 92.5 Å². The SMILES string of the molecule is CCCOP1(Oc2ccc(C)cc2)=NP(Oc2ccc(C)cc2)(Oc2ccc(C)cc2)=NP(Oc2ccc(C)cc2)(Oc2ccc(C)cc2)=N1. The summed E-state index contributed by atoms with van der Waals surface area (Å²) in [4.78, 5) is 0. The molecule has 0 N–H and O–H groups in total. The normalized spacial score (nSPS) is 17.3. The Morgan fingerprint density at radius 2 is 0.580 bits per heavy atom. The molecule has 5 aromatic carbocycles. The first-order chi connectivity index (χ1) is 24.0. The van der Waals surface area contributed by atoms with Crippen LogP contribution in [0.25, 0.3) is 0 Å². The fourth-order valence-corrected chi connectivity index (χ4v) is 13.9. The van der Waals surface area contributed by atoms with Crippen molar-refractivity contribution in [1.29, 1.82) is 0 Å². The lowest BCUT2D eigenvalue weighted by Gasteiger charge is -2.33. The standard InChI is InChI=1S/C38H42N3O6P3/c1-7-28-42-48(43-34-18-8-29(2)9-19-34)39-49(44-35-20-10-30(3)11-21-35,45-36-22-12-31(4)13-23-36)41-50(40-48,46-37-24-14-32(5)15-25-37)47-38-26-16-33(6)17-27-38/h8-27H,7,28H2,1-6H3. The highest BCUT2D eigenvalue weighted by molar-refractivity contribution is 7.79. The molecule has 1 heterocycles. The predicted octanol–water partition coefficient (Wildman–Crippen LogP) is 13.2. The Kier molecular flexibility index (Phi) is 10.9. The average Bonchev–Trinajstić information content (AvgIpc) is 3.09. The largest absolute Gasteiger partial charge is 0.460 e. The van der Waals surface area contributed by atoms with Crippen molar-refractivity contribution in [2.24, 2.45) is 13.5 Å². The summed E-state index contributed by atoms with van der Waals surface area (Å²) in [5, 5.41) is 0. The molecule has 9 nitrogen and oxygen atoms in total.